The van der Waals surface area contributed by atoms with E-state index in [9.17, 15) is 10.1 Å². The number of rotatable bonds is 5. The normalized spacial score (nSPS) is 13.0. The van der Waals surface area contributed by atoms with E-state index in [1.54, 1.807) is 23.3 Å². The van der Waals surface area contributed by atoms with E-state index in [1.165, 1.54) is 28.0 Å². The van der Waals surface area contributed by atoms with Crippen LogP contribution in [0.15, 0.2) is 36.0 Å². The number of carbonyl (C=O) groups excluding carboxylic acids is 1. The summed E-state index contributed by atoms with van der Waals surface area (Å²) < 4.78 is 1.79. The van der Waals surface area contributed by atoms with Gasteiger partial charge >= 0.3 is 0 Å². The third-order valence-electron chi connectivity index (χ3n) is 4.31. The number of thioether (sulfide) groups is 1. The molecule has 0 saturated heterocycles. The Kier molecular flexibility index (Phi) is 5.18. The molecule has 9 heteroatoms. The molecule has 27 heavy (non-hydrogen) atoms. The average Bonchev–Trinajstić information content (AvgIpc) is 3.31. The van der Waals surface area contributed by atoms with Crippen molar-refractivity contribution in [2.75, 3.05) is 11.1 Å². The summed E-state index contributed by atoms with van der Waals surface area (Å²) in [5.41, 5.74) is 2.59. The summed E-state index contributed by atoms with van der Waals surface area (Å²) in [5.74, 6) is 0.0303. The second-order valence-corrected chi connectivity index (χ2v) is 8.11. The van der Waals surface area contributed by atoms with Gasteiger partial charge < -0.3 is 5.32 Å². The van der Waals surface area contributed by atoms with Crippen molar-refractivity contribution >= 4 is 34.0 Å². The van der Waals surface area contributed by atoms with Crippen LogP contribution in [0.1, 0.15) is 28.8 Å². The van der Waals surface area contributed by atoms with Gasteiger partial charge in [0, 0.05) is 11.1 Å². The number of nitriles is 1. The Hall–Kier alpha value is -2.70. The smallest absolute Gasteiger partial charge is 0.235 e. The lowest BCUT2D eigenvalue weighted by molar-refractivity contribution is -0.113. The maximum atomic E-state index is 12.4. The highest BCUT2D eigenvalue weighted by Crippen LogP contribution is 2.37. The first-order valence-corrected chi connectivity index (χ1v) is 10.3. The zero-order chi connectivity index (χ0) is 18.6. The van der Waals surface area contributed by atoms with Crippen molar-refractivity contribution in [3.63, 3.8) is 0 Å². The zero-order valence-corrected chi connectivity index (χ0v) is 16.0. The minimum Gasteiger partial charge on any atom is -0.316 e. The van der Waals surface area contributed by atoms with Gasteiger partial charge in [0.2, 0.25) is 5.91 Å². The highest BCUT2D eigenvalue weighted by atomic mass is 32.2. The third kappa shape index (κ3) is 3.72. The molecule has 0 unspecified atom stereocenters. The number of aromatic nitrogens is 4. The van der Waals surface area contributed by atoms with Crippen LogP contribution in [0, 0.1) is 11.3 Å². The molecule has 3 aromatic rings. The summed E-state index contributed by atoms with van der Waals surface area (Å²) in [5, 5.41) is 21.7. The van der Waals surface area contributed by atoms with Crippen LogP contribution in [0.2, 0.25) is 0 Å². The van der Waals surface area contributed by atoms with Gasteiger partial charge in [0.15, 0.2) is 5.16 Å². The van der Waals surface area contributed by atoms with Crippen molar-refractivity contribution in [2.45, 2.75) is 30.8 Å². The first-order valence-electron chi connectivity index (χ1n) is 8.54. The van der Waals surface area contributed by atoms with Crippen LogP contribution in [-0.4, -0.2) is 31.4 Å². The zero-order valence-electron chi connectivity index (χ0n) is 14.4. The molecule has 4 rings (SSSR count). The summed E-state index contributed by atoms with van der Waals surface area (Å²) in [7, 11) is 0. The molecule has 3 aromatic heterocycles. The van der Waals surface area contributed by atoms with E-state index in [1.807, 2.05) is 12.1 Å². The first-order chi connectivity index (χ1) is 13.3. The van der Waals surface area contributed by atoms with E-state index in [-0.39, 0.29) is 11.7 Å². The molecule has 0 aromatic carbocycles. The Bertz CT molecular complexity index is 1000. The lowest BCUT2D eigenvalue weighted by Crippen LogP contribution is -2.14. The van der Waals surface area contributed by atoms with E-state index in [2.05, 4.69) is 26.6 Å². The van der Waals surface area contributed by atoms with Crippen LogP contribution in [0.25, 0.3) is 5.69 Å². The number of pyridine rings is 1. The van der Waals surface area contributed by atoms with E-state index >= 15 is 0 Å². The number of carbonyl (C=O) groups is 1. The molecule has 0 fully saturated rings. The fraction of sp³-hybridized carbons (Fsp3) is 0.278. The quantitative estimate of drug-likeness (QED) is 0.665. The monoisotopic (exact) mass is 396 g/mol. The highest BCUT2D eigenvalue weighted by Gasteiger charge is 2.22. The number of nitrogens with zero attached hydrogens (tertiary/aromatic N) is 5. The van der Waals surface area contributed by atoms with Gasteiger partial charge in [-0.2, -0.15) is 5.26 Å². The maximum absolute atomic E-state index is 12.4. The largest absolute Gasteiger partial charge is 0.316 e. The summed E-state index contributed by atoms with van der Waals surface area (Å²) in [4.78, 5) is 17.8. The predicted molar refractivity (Wildman–Crippen MR) is 104 cm³/mol. The summed E-state index contributed by atoms with van der Waals surface area (Å²) in [6, 6.07) is 6.00. The summed E-state index contributed by atoms with van der Waals surface area (Å²) in [6.07, 6.45) is 9.17. The van der Waals surface area contributed by atoms with E-state index in [4.69, 9.17) is 0 Å². The number of hydrogen-bond acceptors (Lipinski definition) is 7. The minimum absolute atomic E-state index is 0.157. The number of aryl methyl sites for hydroxylation is 1. The van der Waals surface area contributed by atoms with Crippen molar-refractivity contribution in [2.24, 2.45) is 0 Å². The molecule has 7 nitrogen and oxygen atoms in total. The predicted octanol–water partition coefficient (Wildman–Crippen LogP) is 3.21. The molecule has 0 spiro atoms. The van der Waals surface area contributed by atoms with E-state index in [0.717, 1.165) is 36.9 Å². The number of fused-ring (bicyclic) bond motifs is 1. The fourth-order valence-electron chi connectivity index (χ4n) is 3.06. The van der Waals surface area contributed by atoms with Gasteiger partial charge in [-0.15, -0.1) is 21.5 Å². The van der Waals surface area contributed by atoms with Crippen LogP contribution in [0.4, 0.5) is 5.00 Å². The van der Waals surface area contributed by atoms with Gasteiger partial charge in [0.1, 0.15) is 17.4 Å². The molecule has 1 aliphatic rings. The Morgan fingerprint density at radius 2 is 2.30 bits per heavy atom. The van der Waals surface area contributed by atoms with Gasteiger partial charge in [-0.25, -0.2) is 0 Å². The third-order valence-corrected chi connectivity index (χ3v) is 6.46. The van der Waals surface area contributed by atoms with Gasteiger partial charge in [0.05, 0.1) is 23.2 Å². The lowest BCUT2D eigenvalue weighted by atomic mass is 9.96. The van der Waals surface area contributed by atoms with Crippen molar-refractivity contribution in [1.82, 2.24) is 19.7 Å². The Morgan fingerprint density at radius 3 is 3.11 bits per heavy atom. The van der Waals surface area contributed by atoms with Gasteiger partial charge in [-0.3, -0.25) is 14.3 Å². The minimum atomic E-state index is -0.157. The van der Waals surface area contributed by atoms with Crippen LogP contribution >= 0.6 is 23.1 Å². The van der Waals surface area contributed by atoms with Crippen LogP contribution < -0.4 is 5.32 Å². The van der Waals surface area contributed by atoms with E-state index < -0.39 is 0 Å². The molecular formula is C18H16N6OS2. The van der Waals surface area contributed by atoms with Gasteiger partial charge in [-0.05, 0) is 43.4 Å². The van der Waals surface area contributed by atoms with Crippen molar-refractivity contribution in [3.05, 3.63) is 46.9 Å². The Balaban J connectivity index is 1.44. The molecule has 1 aliphatic carbocycles. The lowest BCUT2D eigenvalue weighted by Gasteiger charge is -2.09. The number of amides is 1. The maximum Gasteiger partial charge on any atom is 0.235 e. The molecule has 0 saturated carbocycles. The second kappa shape index (κ2) is 7.90. The van der Waals surface area contributed by atoms with Crippen molar-refractivity contribution in [1.29, 1.82) is 5.26 Å². The van der Waals surface area contributed by atoms with E-state index in [0.29, 0.717) is 15.7 Å². The fourth-order valence-corrected chi connectivity index (χ4v) is 5.05. The molecule has 136 valence electrons. The molecule has 0 bridgehead atoms. The Morgan fingerprint density at radius 1 is 1.41 bits per heavy atom. The molecule has 0 atom stereocenters. The topological polar surface area (TPSA) is 96.5 Å². The molecule has 1 amide bonds. The Labute approximate surface area is 164 Å². The first kappa shape index (κ1) is 17.7. The van der Waals surface area contributed by atoms with Crippen molar-refractivity contribution in [3.8, 4) is 11.8 Å². The molecule has 0 radical (unpaired) electrons. The van der Waals surface area contributed by atoms with Crippen LogP contribution in [-0.2, 0) is 17.6 Å². The summed E-state index contributed by atoms with van der Waals surface area (Å²) >= 11 is 2.83. The molecular weight excluding hydrogens is 380 g/mol. The van der Waals surface area contributed by atoms with Crippen LogP contribution in [0.5, 0.6) is 0 Å². The molecule has 1 N–H and O–H groups in total. The van der Waals surface area contributed by atoms with Crippen molar-refractivity contribution < 1.29 is 4.79 Å². The number of nitrogens with one attached hydrogen (secondary N) is 1. The molecule has 0 aliphatic heterocycles. The highest BCUT2D eigenvalue weighted by molar-refractivity contribution is 7.99. The van der Waals surface area contributed by atoms with Crippen LogP contribution in [0.3, 0.4) is 0 Å². The average molecular weight is 397 g/mol. The number of hydrogen-bond donors (Lipinski definition) is 1. The second-order valence-electron chi connectivity index (χ2n) is 6.06. The molecule has 3 heterocycles. The SMILES string of the molecule is N#Cc1c(NC(=O)CSc2nncn2-c2cccnc2)sc2c1CCCC2. The van der Waals surface area contributed by atoms with Gasteiger partial charge in [-0.1, -0.05) is 11.8 Å². The number of thiophene rings is 1. The number of anilines is 1. The van der Waals surface area contributed by atoms with Gasteiger partial charge in [0.25, 0.3) is 0 Å². The summed E-state index contributed by atoms with van der Waals surface area (Å²) in [6.45, 7) is 0. The standard InChI is InChI=1S/C18H16N6OS2/c19-8-14-13-5-1-2-6-15(13)27-17(14)22-16(25)10-26-18-23-21-11-24(18)12-4-3-7-20-9-12/h3-4,7,9,11H,1-2,5-6,10H2,(H,22,25).